The van der Waals surface area contributed by atoms with Crippen molar-refractivity contribution in [3.05, 3.63) is 41.5 Å². The molecule has 0 radical (unpaired) electrons. The quantitative estimate of drug-likeness (QED) is 0.845. The number of thiocarbonyl (C=S) groups is 1. The highest BCUT2D eigenvalue weighted by atomic mass is 32.1. The van der Waals surface area contributed by atoms with Gasteiger partial charge in [0.25, 0.3) is 0 Å². The summed E-state index contributed by atoms with van der Waals surface area (Å²) in [6, 6.07) is 3.70. The largest absolute Gasteiger partial charge is 0.469 e. The lowest BCUT2D eigenvalue weighted by Crippen LogP contribution is -2.23. The Morgan fingerprint density at radius 3 is 2.89 bits per heavy atom. The first kappa shape index (κ1) is 12.5. The maximum absolute atomic E-state index is 5.67. The van der Waals surface area contributed by atoms with Crippen molar-refractivity contribution < 1.29 is 4.42 Å². The van der Waals surface area contributed by atoms with Crippen LogP contribution in [0.3, 0.4) is 0 Å². The number of nitrogens with two attached hydrogens (primary N) is 1. The minimum atomic E-state index is 0.315. The molecular weight excluding hydrogens is 248 g/mol. The lowest BCUT2D eigenvalue weighted by molar-refractivity contribution is 0.529. The summed E-state index contributed by atoms with van der Waals surface area (Å²) in [5.74, 6) is 1.56. The first-order valence-electron chi connectivity index (χ1n) is 5.45. The summed E-state index contributed by atoms with van der Waals surface area (Å²) in [5.41, 5.74) is 7.49. The molecule has 0 saturated carbocycles. The number of rotatable bonds is 4. The molecule has 2 rings (SSSR count). The van der Waals surface area contributed by atoms with Crippen LogP contribution in [-0.2, 0) is 6.54 Å². The van der Waals surface area contributed by atoms with Gasteiger partial charge in [-0.25, -0.2) is 0 Å². The summed E-state index contributed by atoms with van der Waals surface area (Å²) in [5, 5.41) is 7.96. The summed E-state index contributed by atoms with van der Waals surface area (Å²) >= 11 is 5.01. The zero-order chi connectivity index (χ0) is 13.1. The zero-order valence-corrected chi connectivity index (χ0v) is 11.1. The lowest BCUT2D eigenvalue weighted by atomic mass is 10.2. The number of hydrogen-bond donors (Lipinski definition) is 1. The molecule has 0 saturated heterocycles. The summed E-state index contributed by atoms with van der Waals surface area (Å²) in [6.45, 7) is 2.59. The van der Waals surface area contributed by atoms with E-state index in [-0.39, 0.29) is 0 Å². The number of aromatic nitrogens is 2. The summed E-state index contributed by atoms with van der Waals surface area (Å²) in [4.78, 5) is 2.26. The normalized spacial score (nSPS) is 10.3. The maximum Gasteiger partial charge on any atom is 0.161 e. The summed E-state index contributed by atoms with van der Waals surface area (Å²) < 4.78 is 5.27. The van der Waals surface area contributed by atoms with Crippen LogP contribution in [0.4, 0.5) is 5.82 Å². The van der Waals surface area contributed by atoms with Gasteiger partial charge in [-0.3, -0.25) is 0 Å². The molecule has 2 heterocycles. The van der Waals surface area contributed by atoms with Gasteiger partial charge in [-0.1, -0.05) is 12.2 Å². The molecule has 18 heavy (non-hydrogen) atoms. The van der Waals surface area contributed by atoms with Crippen molar-refractivity contribution in [3.8, 4) is 0 Å². The standard InChI is InChI=1S/C12H14N4OS/c1-8-9(4-6-17-8)7-16(2)12-10(11(13)18)3-5-14-15-12/h3-6H,7H2,1-2H3,(H2,13,18). The van der Waals surface area contributed by atoms with Crippen LogP contribution in [0.15, 0.2) is 29.0 Å². The van der Waals surface area contributed by atoms with E-state index in [4.69, 9.17) is 22.4 Å². The van der Waals surface area contributed by atoms with E-state index in [0.717, 1.165) is 16.9 Å². The third-order valence-electron chi connectivity index (χ3n) is 2.70. The van der Waals surface area contributed by atoms with Crippen molar-refractivity contribution in [1.29, 1.82) is 0 Å². The van der Waals surface area contributed by atoms with Gasteiger partial charge in [0.15, 0.2) is 5.82 Å². The van der Waals surface area contributed by atoms with Crippen molar-refractivity contribution in [2.45, 2.75) is 13.5 Å². The molecule has 2 N–H and O–H groups in total. The molecule has 5 nitrogen and oxygen atoms in total. The Kier molecular flexibility index (Phi) is 3.57. The van der Waals surface area contributed by atoms with Crippen LogP contribution < -0.4 is 10.6 Å². The molecule has 0 bridgehead atoms. The molecule has 94 valence electrons. The van der Waals surface area contributed by atoms with Gasteiger partial charge in [-0.15, -0.1) is 5.10 Å². The predicted octanol–water partition coefficient (Wildman–Crippen LogP) is 1.65. The number of hydrogen-bond acceptors (Lipinski definition) is 5. The second-order valence-electron chi connectivity index (χ2n) is 3.99. The van der Waals surface area contributed by atoms with Crippen molar-refractivity contribution in [2.75, 3.05) is 11.9 Å². The van der Waals surface area contributed by atoms with Crippen molar-refractivity contribution in [3.63, 3.8) is 0 Å². The van der Waals surface area contributed by atoms with Gasteiger partial charge in [0.2, 0.25) is 0 Å². The number of nitrogens with zero attached hydrogens (tertiary/aromatic N) is 3. The van der Waals surface area contributed by atoms with Crippen molar-refractivity contribution >= 4 is 23.0 Å². The second kappa shape index (κ2) is 5.14. The average molecular weight is 262 g/mol. The van der Waals surface area contributed by atoms with E-state index in [1.54, 1.807) is 18.5 Å². The molecule has 0 fully saturated rings. The SMILES string of the molecule is Cc1occc1CN(C)c1nnccc1C(N)=S. The van der Waals surface area contributed by atoms with Gasteiger partial charge in [0, 0.05) is 19.2 Å². The van der Waals surface area contributed by atoms with E-state index < -0.39 is 0 Å². The average Bonchev–Trinajstić information content (AvgIpc) is 2.75. The number of aryl methyl sites for hydroxylation is 1. The number of furan rings is 1. The van der Waals surface area contributed by atoms with Crippen LogP contribution in [0.1, 0.15) is 16.9 Å². The molecule has 0 spiro atoms. The Morgan fingerprint density at radius 1 is 1.50 bits per heavy atom. The minimum Gasteiger partial charge on any atom is -0.469 e. The first-order valence-corrected chi connectivity index (χ1v) is 5.86. The molecule has 0 aliphatic carbocycles. The van der Waals surface area contributed by atoms with Crippen LogP contribution >= 0.6 is 12.2 Å². The van der Waals surface area contributed by atoms with Crippen LogP contribution in [0, 0.1) is 6.92 Å². The van der Waals surface area contributed by atoms with E-state index in [9.17, 15) is 0 Å². The van der Waals surface area contributed by atoms with Gasteiger partial charge >= 0.3 is 0 Å². The molecule has 0 aromatic carbocycles. The monoisotopic (exact) mass is 262 g/mol. The molecule has 0 aliphatic rings. The van der Waals surface area contributed by atoms with Gasteiger partial charge in [-0.05, 0) is 19.1 Å². The third kappa shape index (κ3) is 2.48. The van der Waals surface area contributed by atoms with Gasteiger partial charge in [-0.2, -0.15) is 5.10 Å². The Labute approximate surface area is 111 Å². The zero-order valence-electron chi connectivity index (χ0n) is 10.3. The Balaban J connectivity index is 2.26. The molecular formula is C12H14N4OS. The third-order valence-corrected chi connectivity index (χ3v) is 2.92. The van der Waals surface area contributed by atoms with E-state index in [0.29, 0.717) is 17.4 Å². The Morgan fingerprint density at radius 2 is 2.28 bits per heavy atom. The summed E-state index contributed by atoms with van der Waals surface area (Å²) in [6.07, 6.45) is 3.25. The second-order valence-corrected chi connectivity index (χ2v) is 4.43. The minimum absolute atomic E-state index is 0.315. The van der Waals surface area contributed by atoms with E-state index in [2.05, 4.69) is 10.2 Å². The predicted molar refractivity (Wildman–Crippen MR) is 73.5 cm³/mol. The van der Waals surface area contributed by atoms with Crippen molar-refractivity contribution in [2.24, 2.45) is 5.73 Å². The van der Waals surface area contributed by atoms with Crippen LogP contribution in [0.2, 0.25) is 0 Å². The van der Waals surface area contributed by atoms with Crippen LogP contribution in [0.5, 0.6) is 0 Å². The lowest BCUT2D eigenvalue weighted by Gasteiger charge is -2.19. The van der Waals surface area contributed by atoms with Gasteiger partial charge in [0.05, 0.1) is 18.0 Å². The van der Waals surface area contributed by atoms with E-state index in [1.807, 2.05) is 24.9 Å². The smallest absolute Gasteiger partial charge is 0.161 e. The Bertz CT molecular complexity index is 567. The van der Waals surface area contributed by atoms with Crippen LogP contribution in [-0.4, -0.2) is 22.2 Å². The molecule has 2 aromatic rings. The van der Waals surface area contributed by atoms with Crippen molar-refractivity contribution in [1.82, 2.24) is 10.2 Å². The van der Waals surface area contributed by atoms with E-state index >= 15 is 0 Å². The molecule has 0 unspecified atom stereocenters. The van der Waals surface area contributed by atoms with Gasteiger partial charge in [0.1, 0.15) is 10.7 Å². The molecule has 2 aromatic heterocycles. The molecule has 0 atom stereocenters. The molecule has 6 heteroatoms. The first-order chi connectivity index (χ1) is 8.59. The summed E-state index contributed by atoms with van der Waals surface area (Å²) in [7, 11) is 1.91. The fraction of sp³-hybridized carbons (Fsp3) is 0.250. The number of anilines is 1. The maximum atomic E-state index is 5.67. The Hall–Kier alpha value is -1.95. The van der Waals surface area contributed by atoms with E-state index in [1.165, 1.54) is 0 Å². The highest BCUT2D eigenvalue weighted by molar-refractivity contribution is 7.80. The topological polar surface area (TPSA) is 68.2 Å². The van der Waals surface area contributed by atoms with Gasteiger partial charge < -0.3 is 15.1 Å². The highest BCUT2D eigenvalue weighted by Crippen LogP contribution is 2.19. The fourth-order valence-electron chi connectivity index (χ4n) is 1.70. The fourth-order valence-corrected chi connectivity index (χ4v) is 1.86. The van der Waals surface area contributed by atoms with Crippen LogP contribution in [0.25, 0.3) is 0 Å². The highest BCUT2D eigenvalue weighted by Gasteiger charge is 2.13. The molecule has 0 aliphatic heterocycles. The molecule has 0 amide bonds.